The summed E-state index contributed by atoms with van der Waals surface area (Å²) in [4.78, 5) is 37.4. The second kappa shape index (κ2) is 8.79. The minimum atomic E-state index is -0.659. The minimum Gasteiger partial charge on any atom is -0.495 e. The molecule has 2 aliphatic rings. The lowest BCUT2D eigenvalue weighted by atomic mass is 9.75. The van der Waals surface area contributed by atoms with Crippen molar-refractivity contribution in [1.29, 1.82) is 0 Å². The van der Waals surface area contributed by atoms with Crippen LogP contribution in [0.5, 0.6) is 5.75 Å². The fraction of sp³-hybridized carbons (Fsp3) is 0.375. The van der Waals surface area contributed by atoms with Gasteiger partial charge in [-0.25, -0.2) is 0 Å². The Kier molecular flexibility index (Phi) is 5.93. The number of carbonyl (C=O) groups is 3. The minimum absolute atomic E-state index is 0.116. The van der Waals surface area contributed by atoms with Gasteiger partial charge < -0.3 is 20.1 Å². The summed E-state index contributed by atoms with van der Waals surface area (Å²) >= 11 is 0. The summed E-state index contributed by atoms with van der Waals surface area (Å²) in [6, 6.07) is 13.8. The van der Waals surface area contributed by atoms with Crippen LogP contribution in [0.3, 0.4) is 0 Å². The van der Waals surface area contributed by atoms with Crippen molar-refractivity contribution in [1.82, 2.24) is 0 Å². The molecule has 2 fully saturated rings. The molecule has 2 amide bonds. The van der Waals surface area contributed by atoms with E-state index in [-0.39, 0.29) is 24.2 Å². The number of amides is 2. The highest BCUT2D eigenvalue weighted by atomic mass is 16.6. The molecular formula is C24H26N2O5. The van der Waals surface area contributed by atoms with Gasteiger partial charge in [0.1, 0.15) is 11.4 Å². The van der Waals surface area contributed by atoms with E-state index in [1.807, 2.05) is 12.1 Å². The van der Waals surface area contributed by atoms with Gasteiger partial charge in [0.25, 0.3) is 5.91 Å². The summed E-state index contributed by atoms with van der Waals surface area (Å²) in [5.74, 6) is -0.693. The normalized spacial score (nSPS) is 19.5. The highest BCUT2D eigenvalue weighted by molar-refractivity contribution is 6.05. The van der Waals surface area contributed by atoms with Crippen molar-refractivity contribution in [2.24, 2.45) is 5.92 Å². The number of ether oxygens (including phenoxy) is 2. The van der Waals surface area contributed by atoms with Gasteiger partial charge in [-0.1, -0.05) is 18.6 Å². The number of nitrogens with one attached hydrogen (secondary N) is 2. The van der Waals surface area contributed by atoms with Crippen LogP contribution in [0.4, 0.5) is 11.4 Å². The molecule has 1 saturated carbocycles. The average molecular weight is 422 g/mol. The van der Waals surface area contributed by atoms with Crippen molar-refractivity contribution in [3.63, 3.8) is 0 Å². The Balaban J connectivity index is 1.42. The molecular weight excluding hydrogens is 396 g/mol. The van der Waals surface area contributed by atoms with Crippen molar-refractivity contribution < 1.29 is 23.9 Å². The molecule has 1 aliphatic heterocycles. The number of anilines is 2. The summed E-state index contributed by atoms with van der Waals surface area (Å²) in [6.45, 7) is 0. The van der Waals surface area contributed by atoms with Crippen molar-refractivity contribution in [3.05, 3.63) is 54.1 Å². The van der Waals surface area contributed by atoms with E-state index in [0.29, 0.717) is 22.7 Å². The maximum absolute atomic E-state index is 12.9. The van der Waals surface area contributed by atoms with Crippen LogP contribution in [-0.4, -0.2) is 30.5 Å². The van der Waals surface area contributed by atoms with E-state index in [1.54, 1.807) is 43.5 Å². The molecule has 0 bridgehead atoms. The van der Waals surface area contributed by atoms with Crippen LogP contribution >= 0.6 is 0 Å². The van der Waals surface area contributed by atoms with Crippen molar-refractivity contribution in [2.75, 3.05) is 17.7 Å². The maximum Gasteiger partial charge on any atom is 0.307 e. The van der Waals surface area contributed by atoms with Crippen molar-refractivity contribution in [2.45, 2.75) is 44.1 Å². The average Bonchev–Trinajstić information content (AvgIpc) is 3.10. The van der Waals surface area contributed by atoms with Crippen LogP contribution in [0.2, 0.25) is 0 Å². The Hall–Kier alpha value is -3.35. The SMILES string of the molecule is COc1ccccc1NC(=O)c1ccc(NC(=O)C2CC(=O)OC23CCCCC3)cc1. The van der Waals surface area contributed by atoms with Crippen LogP contribution in [0.1, 0.15) is 48.9 Å². The first-order valence-electron chi connectivity index (χ1n) is 10.6. The third-order valence-corrected chi connectivity index (χ3v) is 6.11. The quantitative estimate of drug-likeness (QED) is 0.706. The fourth-order valence-electron chi connectivity index (χ4n) is 4.50. The zero-order chi connectivity index (χ0) is 21.8. The molecule has 162 valence electrons. The Morgan fingerprint density at radius 1 is 1.00 bits per heavy atom. The molecule has 7 nitrogen and oxygen atoms in total. The number of hydrogen-bond acceptors (Lipinski definition) is 5. The smallest absolute Gasteiger partial charge is 0.307 e. The maximum atomic E-state index is 12.9. The number of esters is 1. The molecule has 2 aromatic rings. The van der Waals surface area contributed by atoms with Gasteiger partial charge in [0.05, 0.1) is 25.1 Å². The molecule has 2 aromatic carbocycles. The van der Waals surface area contributed by atoms with Crippen LogP contribution in [0.15, 0.2) is 48.5 Å². The summed E-state index contributed by atoms with van der Waals surface area (Å²) in [6.07, 6.45) is 4.62. The Morgan fingerprint density at radius 2 is 1.71 bits per heavy atom. The molecule has 0 radical (unpaired) electrons. The molecule has 2 N–H and O–H groups in total. The third-order valence-electron chi connectivity index (χ3n) is 6.11. The van der Waals surface area contributed by atoms with Crippen LogP contribution in [0, 0.1) is 5.92 Å². The number of rotatable bonds is 5. The van der Waals surface area contributed by atoms with Crippen LogP contribution in [-0.2, 0) is 14.3 Å². The molecule has 31 heavy (non-hydrogen) atoms. The monoisotopic (exact) mass is 422 g/mol. The van der Waals surface area contributed by atoms with Crippen molar-refractivity contribution >= 4 is 29.2 Å². The topological polar surface area (TPSA) is 93.7 Å². The van der Waals surface area contributed by atoms with Crippen molar-refractivity contribution in [3.8, 4) is 5.75 Å². The molecule has 1 saturated heterocycles. The van der Waals surface area contributed by atoms with Gasteiger partial charge in [-0.3, -0.25) is 14.4 Å². The van der Waals surface area contributed by atoms with Gasteiger partial charge in [-0.05, 0) is 62.1 Å². The van der Waals surface area contributed by atoms with Gasteiger partial charge >= 0.3 is 5.97 Å². The molecule has 1 spiro atoms. The zero-order valence-electron chi connectivity index (χ0n) is 17.5. The summed E-state index contributed by atoms with van der Waals surface area (Å²) in [5.41, 5.74) is 0.945. The fourth-order valence-corrected chi connectivity index (χ4v) is 4.50. The van der Waals surface area contributed by atoms with Gasteiger partial charge in [0.2, 0.25) is 5.91 Å². The lowest BCUT2D eigenvalue weighted by Gasteiger charge is -2.36. The lowest BCUT2D eigenvalue weighted by molar-refractivity contribution is -0.153. The zero-order valence-corrected chi connectivity index (χ0v) is 17.5. The summed E-state index contributed by atoms with van der Waals surface area (Å²) in [7, 11) is 1.54. The molecule has 7 heteroatoms. The second-order valence-corrected chi connectivity index (χ2v) is 8.08. The first-order valence-corrected chi connectivity index (χ1v) is 10.6. The predicted molar refractivity (Wildman–Crippen MR) is 116 cm³/mol. The van der Waals surface area contributed by atoms with Gasteiger partial charge in [0.15, 0.2) is 0 Å². The van der Waals surface area contributed by atoms with Gasteiger partial charge in [-0.2, -0.15) is 0 Å². The number of hydrogen-bond donors (Lipinski definition) is 2. The molecule has 1 aliphatic carbocycles. The third kappa shape index (κ3) is 4.40. The van der Waals surface area contributed by atoms with E-state index >= 15 is 0 Å². The van der Waals surface area contributed by atoms with Gasteiger partial charge in [0, 0.05) is 11.3 Å². The van der Waals surface area contributed by atoms with E-state index in [1.165, 1.54) is 0 Å². The molecule has 1 unspecified atom stereocenters. The Morgan fingerprint density at radius 3 is 2.42 bits per heavy atom. The molecule has 4 rings (SSSR count). The van der Waals surface area contributed by atoms with E-state index in [9.17, 15) is 14.4 Å². The Labute approximate surface area is 181 Å². The van der Waals surface area contributed by atoms with Gasteiger partial charge in [-0.15, -0.1) is 0 Å². The van der Waals surface area contributed by atoms with E-state index in [2.05, 4.69) is 10.6 Å². The number of carbonyl (C=O) groups excluding carboxylic acids is 3. The Bertz CT molecular complexity index is 980. The number of para-hydroxylation sites is 2. The summed E-state index contributed by atoms with van der Waals surface area (Å²) in [5, 5.41) is 5.71. The molecule has 1 atom stereocenters. The first-order chi connectivity index (χ1) is 15.0. The molecule has 0 aromatic heterocycles. The lowest BCUT2D eigenvalue weighted by Crippen LogP contribution is -2.43. The van der Waals surface area contributed by atoms with E-state index < -0.39 is 11.5 Å². The molecule has 1 heterocycles. The highest BCUT2D eigenvalue weighted by Crippen LogP contribution is 2.44. The number of methoxy groups -OCH3 is 1. The standard InChI is InChI=1S/C24H26N2O5/c1-30-20-8-4-3-7-19(20)26-22(28)16-9-11-17(12-10-16)25-23(29)18-15-21(27)31-24(18)13-5-2-6-14-24/h3-4,7-12,18H,2,5-6,13-15H2,1H3,(H,25,29)(H,26,28). The number of benzene rings is 2. The second-order valence-electron chi connectivity index (χ2n) is 8.08. The van der Waals surface area contributed by atoms with Crippen LogP contribution < -0.4 is 15.4 Å². The predicted octanol–water partition coefficient (Wildman–Crippen LogP) is 4.15. The largest absolute Gasteiger partial charge is 0.495 e. The van der Waals surface area contributed by atoms with E-state index in [4.69, 9.17) is 9.47 Å². The summed E-state index contributed by atoms with van der Waals surface area (Å²) < 4.78 is 10.9. The highest BCUT2D eigenvalue weighted by Gasteiger charge is 2.52. The van der Waals surface area contributed by atoms with Crippen LogP contribution in [0.25, 0.3) is 0 Å². The first kappa shape index (κ1) is 20.9. The van der Waals surface area contributed by atoms with E-state index in [0.717, 1.165) is 32.1 Å².